The van der Waals surface area contributed by atoms with Crippen LogP contribution >= 0.6 is 24.0 Å². The molecule has 1 fully saturated rings. The molecule has 0 aromatic rings. The maximum Gasteiger partial charge on any atom is 0.191 e. The van der Waals surface area contributed by atoms with Crippen molar-refractivity contribution >= 4 is 29.9 Å². The van der Waals surface area contributed by atoms with Gasteiger partial charge in [0.05, 0.1) is 0 Å². The van der Waals surface area contributed by atoms with Crippen LogP contribution in [-0.2, 0) is 0 Å². The second kappa shape index (κ2) is 11.5. The van der Waals surface area contributed by atoms with Gasteiger partial charge in [0.15, 0.2) is 5.96 Å². The second-order valence-corrected chi connectivity index (χ2v) is 6.12. The molecule has 0 spiro atoms. The Kier molecular flexibility index (Phi) is 11.4. The van der Waals surface area contributed by atoms with E-state index in [2.05, 4.69) is 53.2 Å². The third-order valence-corrected chi connectivity index (χ3v) is 4.00. The van der Waals surface area contributed by atoms with E-state index in [9.17, 15) is 0 Å². The topological polar surface area (TPSA) is 42.9 Å². The van der Waals surface area contributed by atoms with Gasteiger partial charge in [-0.05, 0) is 26.3 Å². The number of hydrogen-bond acceptors (Lipinski definition) is 3. The van der Waals surface area contributed by atoms with Crippen LogP contribution in [-0.4, -0.2) is 75.2 Å². The predicted molar refractivity (Wildman–Crippen MR) is 103 cm³/mol. The molecule has 21 heavy (non-hydrogen) atoms. The summed E-state index contributed by atoms with van der Waals surface area (Å²) < 4.78 is 0. The fourth-order valence-electron chi connectivity index (χ4n) is 2.34. The first kappa shape index (κ1) is 20.9. The molecule has 0 saturated carbocycles. The van der Waals surface area contributed by atoms with E-state index in [1.165, 1.54) is 32.7 Å². The molecule has 2 atom stereocenters. The maximum atomic E-state index is 4.28. The Bertz CT molecular complexity index is 290. The maximum absolute atomic E-state index is 4.28. The summed E-state index contributed by atoms with van der Waals surface area (Å²) in [6, 6.07) is 0.467. The molecule has 0 amide bonds. The van der Waals surface area contributed by atoms with Crippen molar-refractivity contribution in [2.24, 2.45) is 10.9 Å². The van der Waals surface area contributed by atoms with Crippen LogP contribution in [0.3, 0.4) is 0 Å². The molecular weight excluding hydrogens is 377 g/mol. The molecule has 1 aliphatic heterocycles. The standard InChI is InChI=1S/C15H33N5.HI/c1-6-14(3)18-15(16-4)17-11-13(2)12-20-9-7-19(5)8-10-20;/h13-14H,6-12H2,1-5H3,(H2,16,17,18);1H. The van der Waals surface area contributed by atoms with Gasteiger partial charge in [-0.25, -0.2) is 0 Å². The first-order valence-electron chi connectivity index (χ1n) is 7.93. The average Bonchev–Trinajstić information content (AvgIpc) is 2.45. The van der Waals surface area contributed by atoms with Crippen LogP contribution in [0.4, 0.5) is 0 Å². The van der Waals surface area contributed by atoms with E-state index in [1.54, 1.807) is 0 Å². The van der Waals surface area contributed by atoms with Crippen molar-refractivity contribution in [1.29, 1.82) is 0 Å². The van der Waals surface area contributed by atoms with E-state index in [0.717, 1.165) is 18.9 Å². The third-order valence-electron chi connectivity index (χ3n) is 4.00. The molecule has 0 bridgehead atoms. The lowest BCUT2D eigenvalue weighted by molar-refractivity contribution is 0.139. The Morgan fingerprint density at radius 3 is 2.33 bits per heavy atom. The fraction of sp³-hybridized carbons (Fsp3) is 0.933. The second-order valence-electron chi connectivity index (χ2n) is 6.12. The van der Waals surface area contributed by atoms with Crippen LogP contribution in [0.5, 0.6) is 0 Å². The summed E-state index contributed by atoms with van der Waals surface area (Å²) in [5.74, 6) is 1.55. The number of hydrogen-bond donors (Lipinski definition) is 2. The zero-order chi connectivity index (χ0) is 15.0. The smallest absolute Gasteiger partial charge is 0.191 e. The molecule has 5 nitrogen and oxygen atoms in total. The van der Waals surface area contributed by atoms with E-state index < -0.39 is 0 Å². The van der Waals surface area contributed by atoms with Crippen molar-refractivity contribution in [1.82, 2.24) is 20.4 Å². The van der Waals surface area contributed by atoms with Gasteiger partial charge >= 0.3 is 0 Å². The number of nitrogens with zero attached hydrogens (tertiary/aromatic N) is 3. The molecule has 0 radical (unpaired) electrons. The fourth-order valence-corrected chi connectivity index (χ4v) is 2.34. The Labute approximate surface area is 148 Å². The first-order chi connectivity index (χ1) is 9.55. The summed E-state index contributed by atoms with van der Waals surface area (Å²) in [6.07, 6.45) is 1.11. The Morgan fingerprint density at radius 2 is 1.81 bits per heavy atom. The normalized spacial score (nSPS) is 20.5. The van der Waals surface area contributed by atoms with Crippen LogP contribution in [0.15, 0.2) is 4.99 Å². The molecule has 0 aromatic carbocycles. The van der Waals surface area contributed by atoms with Gasteiger partial charge in [-0.15, -0.1) is 24.0 Å². The van der Waals surface area contributed by atoms with Crippen molar-refractivity contribution < 1.29 is 0 Å². The molecule has 6 heteroatoms. The van der Waals surface area contributed by atoms with Crippen LogP contribution < -0.4 is 10.6 Å². The van der Waals surface area contributed by atoms with Crippen LogP contribution in [0, 0.1) is 5.92 Å². The van der Waals surface area contributed by atoms with Crippen molar-refractivity contribution in [3.63, 3.8) is 0 Å². The van der Waals surface area contributed by atoms with Gasteiger partial charge in [-0.3, -0.25) is 4.99 Å². The highest BCUT2D eigenvalue weighted by Crippen LogP contribution is 2.03. The SMILES string of the molecule is CCC(C)NC(=NC)NCC(C)CN1CCN(C)CC1.I. The summed E-state index contributed by atoms with van der Waals surface area (Å²) in [5, 5.41) is 6.83. The summed E-state index contributed by atoms with van der Waals surface area (Å²) in [5.41, 5.74) is 0. The number of halogens is 1. The third kappa shape index (κ3) is 8.83. The van der Waals surface area contributed by atoms with Crippen molar-refractivity contribution in [3.05, 3.63) is 0 Å². The molecule has 1 aliphatic rings. The lowest BCUT2D eigenvalue weighted by Crippen LogP contribution is -2.48. The molecule has 2 unspecified atom stereocenters. The minimum atomic E-state index is 0. The Morgan fingerprint density at radius 1 is 1.19 bits per heavy atom. The minimum absolute atomic E-state index is 0. The van der Waals surface area contributed by atoms with Crippen LogP contribution in [0.2, 0.25) is 0 Å². The van der Waals surface area contributed by atoms with Gasteiger partial charge in [0, 0.05) is 52.4 Å². The number of guanidine groups is 1. The number of nitrogens with one attached hydrogen (secondary N) is 2. The van der Waals surface area contributed by atoms with E-state index >= 15 is 0 Å². The van der Waals surface area contributed by atoms with E-state index in [1.807, 2.05) is 7.05 Å². The van der Waals surface area contributed by atoms with E-state index in [4.69, 9.17) is 0 Å². The van der Waals surface area contributed by atoms with Gasteiger partial charge in [0.2, 0.25) is 0 Å². The van der Waals surface area contributed by atoms with E-state index in [0.29, 0.717) is 12.0 Å². The highest BCUT2D eigenvalue weighted by atomic mass is 127. The number of aliphatic imine (C=N–C) groups is 1. The molecule has 1 heterocycles. The zero-order valence-electron chi connectivity index (χ0n) is 14.4. The van der Waals surface area contributed by atoms with Gasteiger partial charge < -0.3 is 20.4 Å². The van der Waals surface area contributed by atoms with Crippen LogP contribution in [0.25, 0.3) is 0 Å². The Hall–Kier alpha value is -0.0800. The molecular formula is C15H34IN5. The summed E-state index contributed by atoms with van der Waals surface area (Å²) >= 11 is 0. The lowest BCUT2D eigenvalue weighted by atomic mass is 10.1. The number of likely N-dealkylation sites (N-methyl/N-ethyl adjacent to an activating group) is 1. The van der Waals surface area contributed by atoms with Crippen molar-refractivity contribution in [2.45, 2.75) is 33.2 Å². The molecule has 0 aliphatic carbocycles. The molecule has 126 valence electrons. The predicted octanol–water partition coefficient (Wildman–Crippen LogP) is 1.45. The minimum Gasteiger partial charge on any atom is -0.356 e. The molecule has 1 rings (SSSR count). The monoisotopic (exact) mass is 411 g/mol. The molecule has 1 saturated heterocycles. The van der Waals surface area contributed by atoms with Crippen molar-refractivity contribution in [2.75, 3.05) is 53.4 Å². The number of piperazine rings is 1. The van der Waals surface area contributed by atoms with Crippen molar-refractivity contribution in [3.8, 4) is 0 Å². The highest BCUT2D eigenvalue weighted by molar-refractivity contribution is 14.0. The average molecular weight is 411 g/mol. The zero-order valence-corrected chi connectivity index (χ0v) is 16.7. The lowest BCUT2D eigenvalue weighted by Gasteiger charge is -2.34. The largest absolute Gasteiger partial charge is 0.356 e. The number of rotatable bonds is 6. The van der Waals surface area contributed by atoms with Crippen LogP contribution in [0.1, 0.15) is 27.2 Å². The summed E-state index contributed by atoms with van der Waals surface area (Å²) in [6.45, 7) is 13.6. The molecule has 0 aromatic heterocycles. The Balaban J connectivity index is 0.00000400. The van der Waals surface area contributed by atoms with Gasteiger partial charge in [-0.1, -0.05) is 13.8 Å². The van der Waals surface area contributed by atoms with Gasteiger partial charge in [0.25, 0.3) is 0 Å². The van der Waals surface area contributed by atoms with Gasteiger partial charge in [0.1, 0.15) is 0 Å². The van der Waals surface area contributed by atoms with E-state index in [-0.39, 0.29) is 24.0 Å². The highest BCUT2D eigenvalue weighted by Gasteiger charge is 2.16. The summed E-state index contributed by atoms with van der Waals surface area (Å²) in [4.78, 5) is 9.25. The molecule has 2 N–H and O–H groups in total. The quantitative estimate of drug-likeness (QED) is 0.395. The first-order valence-corrected chi connectivity index (χ1v) is 7.93. The summed E-state index contributed by atoms with van der Waals surface area (Å²) in [7, 11) is 4.04. The van der Waals surface area contributed by atoms with Gasteiger partial charge in [-0.2, -0.15) is 0 Å².